The van der Waals surface area contributed by atoms with Crippen LogP contribution in [0.2, 0.25) is 0 Å². The molecule has 3 saturated carbocycles. The van der Waals surface area contributed by atoms with Gasteiger partial charge in [0.05, 0.1) is 0 Å². The summed E-state index contributed by atoms with van der Waals surface area (Å²) in [5.74, 6) is 5.40. The van der Waals surface area contributed by atoms with Gasteiger partial charge >= 0.3 is 0 Å². The first kappa shape index (κ1) is 17.9. The molecule has 0 spiro atoms. The Morgan fingerprint density at radius 1 is 1.00 bits per heavy atom. The monoisotopic (exact) mass is 340 g/mol. The van der Waals surface area contributed by atoms with Crippen LogP contribution in [0.1, 0.15) is 92.9 Å². The van der Waals surface area contributed by atoms with E-state index < -0.39 is 0 Å². The van der Waals surface area contributed by atoms with E-state index >= 15 is 0 Å². The fourth-order valence-corrected chi connectivity index (χ4v) is 7.54. The van der Waals surface area contributed by atoms with E-state index in [2.05, 4.69) is 41.5 Å². The van der Waals surface area contributed by atoms with E-state index in [4.69, 9.17) is 0 Å². The maximum absolute atomic E-state index is 2.64. The average molecular weight is 341 g/mol. The van der Waals surface area contributed by atoms with Crippen molar-refractivity contribution in [3.63, 3.8) is 0 Å². The van der Waals surface area contributed by atoms with E-state index in [-0.39, 0.29) is 0 Å². The lowest BCUT2D eigenvalue weighted by Crippen LogP contribution is -2.37. The van der Waals surface area contributed by atoms with Crippen molar-refractivity contribution in [3.8, 4) is 0 Å². The van der Waals surface area contributed by atoms with E-state index in [1.807, 2.05) is 16.7 Å². The molecule has 4 aliphatic rings. The van der Waals surface area contributed by atoms with Crippen molar-refractivity contribution >= 4 is 0 Å². The van der Waals surface area contributed by atoms with Crippen molar-refractivity contribution < 1.29 is 0 Å². The molecule has 0 heterocycles. The van der Waals surface area contributed by atoms with Gasteiger partial charge in [0, 0.05) is 5.92 Å². The molecule has 4 rings (SSSR count). The highest BCUT2D eigenvalue weighted by Crippen LogP contribution is 2.61. The molecule has 0 aliphatic heterocycles. The lowest BCUT2D eigenvalue weighted by Gasteiger charge is -2.47. The smallest absolute Gasteiger partial charge is 0.00127 e. The molecule has 6 atom stereocenters. The summed E-state index contributed by atoms with van der Waals surface area (Å²) in [4.78, 5) is 0. The summed E-state index contributed by atoms with van der Waals surface area (Å²) in [7, 11) is 0. The third kappa shape index (κ3) is 2.78. The standard InChI is InChI=1S/C25H40/c1-15(2)19-11-12-25(6)14-23-17(4)7-9-20-16(3)8-10-21(20)18(5)22(23)13-24(19)25/h15-16,19-20,22,24H,7-14H2,1-6H3/b21-18-,23-17-/t16-,19+,20-,22-,24-,25+/m0/s1. The van der Waals surface area contributed by atoms with Crippen LogP contribution < -0.4 is 0 Å². The molecule has 0 unspecified atom stereocenters. The Hall–Kier alpha value is -0.520. The Labute approximate surface area is 156 Å². The molecule has 0 heteroatoms. The number of hydrogen-bond donors (Lipinski definition) is 0. The largest absolute Gasteiger partial charge is 0.0735 e. The van der Waals surface area contributed by atoms with Gasteiger partial charge in [-0.3, -0.25) is 0 Å². The summed E-state index contributed by atoms with van der Waals surface area (Å²) in [6, 6.07) is 0. The molecule has 3 fully saturated rings. The Morgan fingerprint density at radius 3 is 2.48 bits per heavy atom. The predicted octanol–water partition coefficient (Wildman–Crippen LogP) is 7.56. The fraction of sp³-hybridized carbons (Fsp3) is 0.840. The maximum atomic E-state index is 2.64. The molecule has 0 aromatic heterocycles. The summed E-state index contributed by atoms with van der Waals surface area (Å²) >= 11 is 0. The Kier molecular flexibility index (Phi) is 4.49. The highest BCUT2D eigenvalue weighted by Gasteiger charge is 2.51. The highest BCUT2D eigenvalue weighted by atomic mass is 14.6. The van der Waals surface area contributed by atoms with E-state index in [0.717, 1.165) is 35.5 Å². The minimum absolute atomic E-state index is 0.592. The molecule has 0 saturated heterocycles. The summed E-state index contributed by atoms with van der Waals surface area (Å²) in [6.45, 7) is 15.1. The van der Waals surface area contributed by atoms with Gasteiger partial charge in [-0.2, -0.15) is 0 Å². The van der Waals surface area contributed by atoms with Crippen molar-refractivity contribution in [3.05, 3.63) is 22.3 Å². The number of rotatable bonds is 1. The van der Waals surface area contributed by atoms with Crippen LogP contribution in [0.5, 0.6) is 0 Å². The second kappa shape index (κ2) is 6.28. The summed E-state index contributed by atoms with van der Waals surface area (Å²) in [6.07, 6.45) is 11.4. The van der Waals surface area contributed by atoms with Gasteiger partial charge in [-0.05, 0) is 100 Å². The normalized spacial score (nSPS) is 50.3. The zero-order chi connectivity index (χ0) is 17.9. The minimum atomic E-state index is 0.592. The van der Waals surface area contributed by atoms with E-state index in [1.165, 1.54) is 51.4 Å². The van der Waals surface area contributed by atoms with Crippen molar-refractivity contribution in [2.24, 2.45) is 40.9 Å². The van der Waals surface area contributed by atoms with E-state index in [1.54, 1.807) is 5.57 Å². The molecule has 25 heavy (non-hydrogen) atoms. The van der Waals surface area contributed by atoms with Crippen molar-refractivity contribution in [1.29, 1.82) is 0 Å². The van der Waals surface area contributed by atoms with Crippen LogP contribution in [0.25, 0.3) is 0 Å². The Morgan fingerprint density at radius 2 is 1.76 bits per heavy atom. The topological polar surface area (TPSA) is 0 Å². The van der Waals surface area contributed by atoms with Crippen molar-refractivity contribution in [2.75, 3.05) is 0 Å². The highest BCUT2D eigenvalue weighted by molar-refractivity contribution is 5.35. The minimum Gasteiger partial charge on any atom is -0.0735 e. The van der Waals surface area contributed by atoms with Gasteiger partial charge in [0.2, 0.25) is 0 Å². The van der Waals surface area contributed by atoms with Crippen LogP contribution in [0.15, 0.2) is 22.3 Å². The lowest BCUT2D eigenvalue weighted by atomic mass is 9.58. The average Bonchev–Trinajstić information content (AvgIpc) is 3.09. The molecule has 0 nitrogen and oxygen atoms in total. The molecule has 0 aromatic rings. The predicted molar refractivity (Wildman–Crippen MR) is 108 cm³/mol. The molecule has 0 amide bonds. The van der Waals surface area contributed by atoms with Gasteiger partial charge in [0.1, 0.15) is 0 Å². The molecule has 0 N–H and O–H groups in total. The van der Waals surface area contributed by atoms with Crippen LogP contribution in [-0.4, -0.2) is 0 Å². The second-order valence-corrected chi connectivity index (χ2v) is 10.8. The summed E-state index contributed by atoms with van der Waals surface area (Å²) in [5.41, 5.74) is 7.96. The molecule has 0 aromatic carbocycles. The van der Waals surface area contributed by atoms with Crippen LogP contribution in [-0.2, 0) is 0 Å². The molecular weight excluding hydrogens is 300 g/mol. The zero-order valence-electron chi connectivity index (χ0n) is 17.6. The number of hydrogen-bond acceptors (Lipinski definition) is 0. The first-order valence-electron chi connectivity index (χ1n) is 11.2. The van der Waals surface area contributed by atoms with Gasteiger partial charge in [-0.25, -0.2) is 0 Å². The second-order valence-electron chi connectivity index (χ2n) is 10.8. The van der Waals surface area contributed by atoms with Crippen LogP contribution in [0.3, 0.4) is 0 Å². The molecular formula is C25H40. The fourth-order valence-electron chi connectivity index (χ4n) is 7.54. The van der Waals surface area contributed by atoms with Gasteiger partial charge in [0.25, 0.3) is 0 Å². The zero-order valence-corrected chi connectivity index (χ0v) is 17.6. The molecule has 0 radical (unpaired) electrons. The third-order valence-electron chi connectivity index (χ3n) is 9.23. The third-order valence-corrected chi connectivity index (χ3v) is 9.23. The van der Waals surface area contributed by atoms with Gasteiger partial charge in [-0.1, -0.05) is 50.0 Å². The molecule has 0 bridgehead atoms. The number of fused-ring (bicyclic) bond motifs is 3. The molecule has 4 aliphatic carbocycles. The SMILES string of the molecule is C/C1=C2\C[C@@]3(C)CC[C@H](C(C)C)[C@@H]3C[C@H]2/C(C)=C2/CC[C@H](C)[C@@H]2CC1. The van der Waals surface area contributed by atoms with Crippen molar-refractivity contribution in [2.45, 2.75) is 92.9 Å². The summed E-state index contributed by atoms with van der Waals surface area (Å²) in [5, 5.41) is 0. The maximum Gasteiger partial charge on any atom is 0.00127 e. The van der Waals surface area contributed by atoms with Gasteiger partial charge in [0.15, 0.2) is 0 Å². The Balaban J connectivity index is 1.74. The summed E-state index contributed by atoms with van der Waals surface area (Å²) < 4.78 is 0. The van der Waals surface area contributed by atoms with Crippen LogP contribution in [0.4, 0.5) is 0 Å². The van der Waals surface area contributed by atoms with Crippen LogP contribution in [0, 0.1) is 40.9 Å². The van der Waals surface area contributed by atoms with Crippen LogP contribution >= 0.6 is 0 Å². The first-order chi connectivity index (χ1) is 11.8. The lowest BCUT2D eigenvalue weighted by molar-refractivity contribution is 0.113. The van der Waals surface area contributed by atoms with E-state index in [0.29, 0.717) is 5.41 Å². The Bertz CT molecular complexity index is 604. The van der Waals surface area contributed by atoms with Gasteiger partial charge < -0.3 is 0 Å². The van der Waals surface area contributed by atoms with E-state index in [9.17, 15) is 0 Å². The quantitative estimate of drug-likeness (QED) is 0.432. The molecule has 140 valence electrons. The van der Waals surface area contributed by atoms with Crippen molar-refractivity contribution in [1.82, 2.24) is 0 Å². The first-order valence-corrected chi connectivity index (χ1v) is 11.2. The number of allylic oxidation sites excluding steroid dienone is 4. The van der Waals surface area contributed by atoms with Gasteiger partial charge in [-0.15, -0.1) is 0 Å².